The SMILES string of the molecule is CCNC(=NCc1cccc(N(C)C)n1)N1CC(C)OC(c2ccc(F)cc2)C1.I. The van der Waals surface area contributed by atoms with E-state index in [-0.39, 0.29) is 42.0 Å². The first kappa shape index (κ1) is 24.3. The number of nitrogens with one attached hydrogen (secondary N) is 1. The number of morpholine rings is 1. The zero-order chi connectivity index (χ0) is 20.8. The first-order valence-corrected chi connectivity index (χ1v) is 10.0. The van der Waals surface area contributed by atoms with Gasteiger partial charge in [0.2, 0.25) is 0 Å². The summed E-state index contributed by atoms with van der Waals surface area (Å²) in [5.74, 6) is 1.52. The Balaban J connectivity index is 0.00000320. The van der Waals surface area contributed by atoms with Crippen LogP contribution in [-0.2, 0) is 11.3 Å². The summed E-state index contributed by atoms with van der Waals surface area (Å²) in [6, 6.07) is 12.5. The molecular formula is C22H31FIN5O. The third-order valence-corrected chi connectivity index (χ3v) is 4.78. The summed E-state index contributed by atoms with van der Waals surface area (Å²) in [6.07, 6.45) is -0.0868. The zero-order valence-corrected chi connectivity index (χ0v) is 20.3. The normalized spacial score (nSPS) is 19.2. The van der Waals surface area contributed by atoms with Crippen LogP contribution in [0.3, 0.4) is 0 Å². The Bertz CT molecular complexity index is 831. The van der Waals surface area contributed by atoms with Gasteiger partial charge in [-0.05, 0) is 43.7 Å². The van der Waals surface area contributed by atoms with E-state index in [2.05, 4.69) is 22.1 Å². The number of pyridine rings is 1. The Morgan fingerprint density at radius 1 is 1.23 bits per heavy atom. The average Bonchev–Trinajstić information content (AvgIpc) is 2.71. The van der Waals surface area contributed by atoms with Crippen LogP contribution in [0, 0.1) is 5.82 Å². The molecule has 1 aliphatic rings. The summed E-state index contributed by atoms with van der Waals surface area (Å²) < 4.78 is 19.4. The van der Waals surface area contributed by atoms with Crippen LogP contribution in [0.5, 0.6) is 0 Å². The zero-order valence-electron chi connectivity index (χ0n) is 18.0. The molecule has 0 spiro atoms. The number of aliphatic imine (C=N–C) groups is 1. The molecule has 6 nitrogen and oxygen atoms in total. The summed E-state index contributed by atoms with van der Waals surface area (Å²) >= 11 is 0. The van der Waals surface area contributed by atoms with Gasteiger partial charge in [-0.15, -0.1) is 24.0 Å². The molecule has 2 heterocycles. The minimum Gasteiger partial charge on any atom is -0.367 e. The van der Waals surface area contributed by atoms with Crippen molar-refractivity contribution < 1.29 is 9.13 Å². The molecule has 1 fully saturated rings. The van der Waals surface area contributed by atoms with Crippen molar-refractivity contribution in [2.75, 3.05) is 38.6 Å². The molecule has 164 valence electrons. The number of halogens is 2. The second-order valence-electron chi connectivity index (χ2n) is 7.44. The van der Waals surface area contributed by atoms with Crippen molar-refractivity contribution in [3.05, 3.63) is 59.5 Å². The van der Waals surface area contributed by atoms with Crippen LogP contribution in [0.2, 0.25) is 0 Å². The van der Waals surface area contributed by atoms with Crippen LogP contribution in [0.15, 0.2) is 47.5 Å². The van der Waals surface area contributed by atoms with Gasteiger partial charge in [-0.2, -0.15) is 0 Å². The van der Waals surface area contributed by atoms with Gasteiger partial charge in [0, 0.05) is 27.2 Å². The molecule has 1 N–H and O–H groups in total. The van der Waals surface area contributed by atoms with Gasteiger partial charge in [0.25, 0.3) is 0 Å². The molecule has 2 unspecified atom stereocenters. The molecule has 3 rings (SSSR count). The van der Waals surface area contributed by atoms with Crippen molar-refractivity contribution >= 4 is 35.8 Å². The predicted molar refractivity (Wildman–Crippen MR) is 130 cm³/mol. The summed E-state index contributed by atoms with van der Waals surface area (Å²) in [5.41, 5.74) is 1.89. The highest BCUT2D eigenvalue weighted by molar-refractivity contribution is 14.0. The molecule has 1 aromatic heterocycles. The molecule has 1 aromatic carbocycles. The lowest BCUT2D eigenvalue weighted by atomic mass is 10.1. The fourth-order valence-electron chi connectivity index (χ4n) is 3.37. The Labute approximate surface area is 195 Å². The number of rotatable bonds is 5. The summed E-state index contributed by atoms with van der Waals surface area (Å²) in [5, 5.41) is 3.38. The predicted octanol–water partition coefficient (Wildman–Crippen LogP) is 3.83. The van der Waals surface area contributed by atoms with Crippen LogP contribution in [0.25, 0.3) is 0 Å². The third-order valence-electron chi connectivity index (χ3n) is 4.78. The van der Waals surface area contributed by atoms with E-state index in [9.17, 15) is 4.39 Å². The number of benzene rings is 1. The maximum Gasteiger partial charge on any atom is 0.194 e. The summed E-state index contributed by atoms with van der Waals surface area (Å²) in [6.45, 7) is 6.78. The van der Waals surface area contributed by atoms with Crippen LogP contribution in [-0.4, -0.2) is 55.7 Å². The Kier molecular flexibility index (Phi) is 9.29. The van der Waals surface area contributed by atoms with Crippen molar-refractivity contribution in [2.45, 2.75) is 32.6 Å². The van der Waals surface area contributed by atoms with Crippen LogP contribution in [0.4, 0.5) is 10.2 Å². The van der Waals surface area contributed by atoms with Crippen molar-refractivity contribution in [1.82, 2.24) is 15.2 Å². The molecule has 8 heteroatoms. The maximum atomic E-state index is 13.3. The first-order chi connectivity index (χ1) is 14.0. The highest BCUT2D eigenvalue weighted by Crippen LogP contribution is 2.25. The standard InChI is InChI=1S/C22H30FN5O.HI/c1-5-24-22(25-13-19-7-6-8-21(26-19)27(3)4)28-14-16(2)29-20(15-28)17-9-11-18(23)12-10-17;/h6-12,16,20H,5,13-15H2,1-4H3,(H,24,25);1H. The Morgan fingerprint density at radius 3 is 2.63 bits per heavy atom. The Hall–Kier alpha value is -1.94. The maximum absolute atomic E-state index is 13.3. The molecular weight excluding hydrogens is 496 g/mol. The van der Waals surface area contributed by atoms with Crippen molar-refractivity contribution in [3.63, 3.8) is 0 Å². The van der Waals surface area contributed by atoms with Gasteiger partial charge in [0.1, 0.15) is 17.7 Å². The third kappa shape index (κ3) is 6.53. The molecule has 0 bridgehead atoms. The quantitative estimate of drug-likeness (QED) is 0.364. The topological polar surface area (TPSA) is 53.0 Å². The number of nitrogens with zero attached hydrogens (tertiary/aromatic N) is 4. The molecule has 1 saturated heterocycles. The average molecular weight is 527 g/mol. The van der Waals surface area contributed by atoms with E-state index in [0.717, 1.165) is 36.1 Å². The first-order valence-electron chi connectivity index (χ1n) is 10.0. The number of hydrogen-bond donors (Lipinski definition) is 1. The summed E-state index contributed by atoms with van der Waals surface area (Å²) in [7, 11) is 3.95. The van der Waals surface area contributed by atoms with Gasteiger partial charge in [0.05, 0.1) is 24.9 Å². The molecule has 30 heavy (non-hydrogen) atoms. The molecule has 0 saturated carbocycles. The Morgan fingerprint density at radius 2 is 1.97 bits per heavy atom. The van der Waals surface area contributed by atoms with Gasteiger partial charge in [0.15, 0.2) is 5.96 Å². The van der Waals surface area contributed by atoms with E-state index in [1.807, 2.05) is 44.1 Å². The molecule has 2 atom stereocenters. The number of aromatic nitrogens is 1. The summed E-state index contributed by atoms with van der Waals surface area (Å²) in [4.78, 5) is 13.7. The van der Waals surface area contributed by atoms with Gasteiger partial charge in [-0.3, -0.25) is 0 Å². The van der Waals surface area contributed by atoms with Crippen LogP contribution >= 0.6 is 24.0 Å². The van der Waals surface area contributed by atoms with Crippen molar-refractivity contribution in [2.24, 2.45) is 4.99 Å². The molecule has 1 aliphatic heterocycles. The second kappa shape index (κ2) is 11.5. The molecule has 0 aliphatic carbocycles. The van der Waals surface area contributed by atoms with E-state index in [1.165, 1.54) is 12.1 Å². The second-order valence-corrected chi connectivity index (χ2v) is 7.44. The van der Waals surface area contributed by atoms with Gasteiger partial charge >= 0.3 is 0 Å². The number of hydrogen-bond acceptors (Lipinski definition) is 4. The van der Waals surface area contributed by atoms with Gasteiger partial charge < -0.3 is 19.9 Å². The molecule has 0 radical (unpaired) electrons. The highest BCUT2D eigenvalue weighted by Gasteiger charge is 2.28. The lowest BCUT2D eigenvalue weighted by Crippen LogP contribution is -2.50. The highest BCUT2D eigenvalue weighted by atomic mass is 127. The van der Waals surface area contributed by atoms with E-state index in [0.29, 0.717) is 13.1 Å². The van der Waals surface area contributed by atoms with E-state index in [4.69, 9.17) is 9.73 Å². The molecule has 0 amide bonds. The van der Waals surface area contributed by atoms with Gasteiger partial charge in [-0.1, -0.05) is 18.2 Å². The lowest BCUT2D eigenvalue weighted by Gasteiger charge is -2.38. The van der Waals surface area contributed by atoms with Crippen molar-refractivity contribution in [3.8, 4) is 0 Å². The largest absolute Gasteiger partial charge is 0.367 e. The van der Waals surface area contributed by atoms with Crippen LogP contribution < -0.4 is 10.2 Å². The van der Waals surface area contributed by atoms with Gasteiger partial charge in [-0.25, -0.2) is 14.4 Å². The minimum atomic E-state index is -0.239. The van der Waals surface area contributed by atoms with Crippen LogP contribution in [0.1, 0.15) is 31.2 Å². The monoisotopic (exact) mass is 527 g/mol. The fraction of sp³-hybridized carbons (Fsp3) is 0.455. The van der Waals surface area contributed by atoms with E-state index >= 15 is 0 Å². The van der Waals surface area contributed by atoms with E-state index in [1.54, 1.807) is 12.1 Å². The number of anilines is 1. The number of guanidine groups is 1. The lowest BCUT2D eigenvalue weighted by molar-refractivity contribution is -0.0605. The number of ether oxygens (including phenoxy) is 1. The van der Waals surface area contributed by atoms with E-state index < -0.39 is 0 Å². The minimum absolute atomic E-state index is 0. The fourth-order valence-corrected chi connectivity index (χ4v) is 3.37. The smallest absolute Gasteiger partial charge is 0.194 e. The van der Waals surface area contributed by atoms with Crippen molar-refractivity contribution in [1.29, 1.82) is 0 Å². The molecule has 2 aromatic rings.